The fourth-order valence-electron chi connectivity index (χ4n) is 2.19. The van der Waals surface area contributed by atoms with Crippen LogP contribution in [-0.4, -0.2) is 28.9 Å². The van der Waals surface area contributed by atoms with Crippen LogP contribution in [0.2, 0.25) is 0 Å². The maximum Gasteiger partial charge on any atom is 0.454 e. The van der Waals surface area contributed by atoms with Crippen LogP contribution in [-0.2, 0) is 0 Å². The average molecular weight is 374 g/mol. The normalized spacial score (nSPS) is 11.8. The molecule has 2 rings (SSSR count). The Morgan fingerprint density at radius 2 is 1.65 bits per heavy atom. The fourth-order valence-corrected chi connectivity index (χ4v) is 2.19. The highest BCUT2D eigenvalue weighted by Crippen LogP contribution is 2.36. The van der Waals surface area contributed by atoms with E-state index in [9.17, 15) is 35.9 Å². The van der Waals surface area contributed by atoms with E-state index in [0.717, 1.165) is 18.5 Å². The van der Waals surface area contributed by atoms with Crippen LogP contribution in [0, 0.1) is 0 Å². The van der Waals surface area contributed by atoms with Crippen molar-refractivity contribution in [2.45, 2.75) is 12.4 Å². The first-order valence-electron chi connectivity index (χ1n) is 6.74. The van der Waals surface area contributed by atoms with Gasteiger partial charge in [0, 0.05) is 17.8 Å². The molecule has 10 heteroatoms. The molecule has 1 N–H and O–H groups in total. The summed E-state index contributed by atoms with van der Waals surface area (Å²) < 4.78 is 77.0. The predicted molar refractivity (Wildman–Crippen MR) is 79.8 cm³/mol. The highest BCUT2D eigenvalue weighted by molar-refractivity contribution is 6.18. The molecule has 0 bridgehead atoms. The molecule has 1 aromatic carbocycles. The van der Waals surface area contributed by atoms with E-state index in [4.69, 9.17) is 0 Å². The molecule has 2 aromatic rings. The van der Waals surface area contributed by atoms with Crippen molar-refractivity contribution in [2.24, 2.45) is 0 Å². The fraction of sp³-hybridized carbons (Fsp3) is 0.125. The average Bonchev–Trinajstić information content (AvgIpc) is 2.56. The highest BCUT2D eigenvalue weighted by atomic mass is 19.4. The van der Waals surface area contributed by atoms with E-state index in [1.54, 1.807) is 0 Å². The van der Waals surface area contributed by atoms with E-state index in [2.05, 4.69) is 22.6 Å². The Hall–Kier alpha value is -3.13. The number of aromatic nitrogens is 1. The number of alkyl halides is 6. The first kappa shape index (κ1) is 19.2. The lowest BCUT2D eigenvalue weighted by Crippen LogP contribution is -2.27. The maximum absolute atomic E-state index is 12.9. The van der Waals surface area contributed by atoms with Crippen molar-refractivity contribution in [1.29, 1.82) is 0 Å². The summed E-state index contributed by atoms with van der Waals surface area (Å²) in [5.41, 5.74) is -1.09. The zero-order valence-corrected chi connectivity index (χ0v) is 12.6. The number of carbonyl (C=O) groups excluding carboxylic acids is 2. The Morgan fingerprint density at radius 3 is 2.19 bits per heavy atom. The van der Waals surface area contributed by atoms with E-state index < -0.39 is 46.3 Å². The van der Waals surface area contributed by atoms with Crippen molar-refractivity contribution in [3.8, 4) is 0 Å². The minimum Gasteiger partial charge on any atom is -0.354 e. The van der Waals surface area contributed by atoms with Gasteiger partial charge in [-0.3, -0.25) is 14.6 Å². The lowest BCUT2D eigenvalue weighted by Gasteiger charge is -2.16. The molecule has 0 saturated carbocycles. The molecule has 0 fully saturated rings. The molecule has 0 radical (unpaired) electrons. The lowest BCUT2D eigenvalue weighted by molar-refractivity contribution is -0.0886. The van der Waals surface area contributed by atoms with Crippen molar-refractivity contribution in [3.63, 3.8) is 0 Å². The molecule has 0 amide bonds. The Morgan fingerprint density at radius 1 is 1.08 bits per heavy atom. The third kappa shape index (κ3) is 3.60. The summed E-state index contributed by atoms with van der Waals surface area (Å²) in [6.07, 6.45) is -8.71. The molecule has 0 aliphatic rings. The molecule has 0 spiro atoms. The van der Waals surface area contributed by atoms with Gasteiger partial charge in [-0.25, -0.2) is 0 Å². The zero-order chi connectivity index (χ0) is 19.7. The summed E-state index contributed by atoms with van der Waals surface area (Å²) >= 11 is 0. The van der Waals surface area contributed by atoms with Gasteiger partial charge >= 0.3 is 12.4 Å². The quantitative estimate of drug-likeness (QED) is 0.489. The topological polar surface area (TPSA) is 59.1 Å². The SMILES string of the molecule is C=C=CNc1c(C(=O)C(F)(F)F)cc(C(=O)C(F)(F)F)c2ncccc12. The van der Waals surface area contributed by atoms with Crippen LogP contribution in [0.25, 0.3) is 10.9 Å². The largest absolute Gasteiger partial charge is 0.454 e. The second-order valence-electron chi connectivity index (χ2n) is 4.89. The third-order valence-corrected chi connectivity index (χ3v) is 3.21. The minimum atomic E-state index is -5.37. The Balaban J connectivity index is 2.93. The summed E-state index contributed by atoms with van der Waals surface area (Å²) in [4.78, 5) is 27.0. The van der Waals surface area contributed by atoms with Gasteiger partial charge in [-0.05, 0) is 18.2 Å². The van der Waals surface area contributed by atoms with Gasteiger partial charge in [0.05, 0.1) is 22.3 Å². The number of pyridine rings is 1. The molecule has 0 unspecified atom stereocenters. The van der Waals surface area contributed by atoms with E-state index in [-0.39, 0.29) is 11.5 Å². The maximum atomic E-state index is 12.9. The number of halogens is 6. The number of rotatable bonds is 4. The molecular formula is C16H8F6N2O2. The van der Waals surface area contributed by atoms with Crippen LogP contribution in [0.4, 0.5) is 32.0 Å². The Kier molecular flexibility index (Phi) is 4.90. The summed E-state index contributed by atoms with van der Waals surface area (Å²) in [6.45, 7) is 3.19. The first-order valence-corrected chi connectivity index (χ1v) is 6.74. The van der Waals surface area contributed by atoms with Crippen molar-refractivity contribution < 1.29 is 35.9 Å². The smallest absolute Gasteiger partial charge is 0.354 e. The number of hydrogen-bond acceptors (Lipinski definition) is 4. The number of benzene rings is 1. The number of fused-ring (bicyclic) bond motifs is 1. The predicted octanol–water partition coefficient (Wildman–Crippen LogP) is 4.44. The van der Waals surface area contributed by atoms with Gasteiger partial charge in [0.15, 0.2) is 0 Å². The molecule has 26 heavy (non-hydrogen) atoms. The lowest BCUT2D eigenvalue weighted by atomic mass is 9.96. The van der Waals surface area contributed by atoms with Crippen LogP contribution in [0.5, 0.6) is 0 Å². The molecule has 1 heterocycles. The Labute approximate surface area is 141 Å². The van der Waals surface area contributed by atoms with E-state index in [1.165, 1.54) is 6.07 Å². The number of Topliss-reactive ketones (excluding diaryl/α,β-unsaturated/α-hetero) is 2. The van der Waals surface area contributed by atoms with Crippen molar-refractivity contribution in [3.05, 3.63) is 54.0 Å². The zero-order valence-electron chi connectivity index (χ0n) is 12.6. The number of carbonyl (C=O) groups is 2. The van der Waals surface area contributed by atoms with Crippen molar-refractivity contribution in [2.75, 3.05) is 5.32 Å². The summed E-state index contributed by atoms with van der Waals surface area (Å²) in [6, 6.07) is 2.59. The van der Waals surface area contributed by atoms with E-state index in [0.29, 0.717) is 0 Å². The first-order chi connectivity index (χ1) is 12.0. The van der Waals surface area contributed by atoms with Gasteiger partial charge in [-0.2, -0.15) is 26.3 Å². The van der Waals surface area contributed by atoms with Gasteiger partial charge in [-0.1, -0.05) is 6.58 Å². The molecule has 0 aliphatic heterocycles. The van der Waals surface area contributed by atoms with Crippen LogP contribution in [0.3, 0.4) is 0 Å². The number of hydrogen-bond donors (Lipinski definition) is 1. The molecule has 4 nitrogen and oxygen atoms in total. The van der Waals surface area contributed by atoms with Gasteiger partial charge in [-0.15, -0.1) is 5.73 Å². The molecule has 0 saturated heterocycles. The van der Waals surface area contributed by atoms with Crippen molar-refractivity contribution in [1.82, 2.24) is 4.98 Å². The van der Waals surface area contributed by atoms with Gasteiger partial charge in [0.2, 0.25) is 0 Å². The second-order valence-corrected chi connectivity index (χ2v) is 4.89. The van der Waals surface area contributed by atoms with E-state index >= 15 is 0 Å². The molecule has 136 valence electrons. The van der Waals surface area contributed by atoms with Crippen LogP contribution < -0.4 is 5.32 Å². The van der Waals surface area contributed by atoms with Crippen LogP contribution in [0.15, 0.2) is 42.9 Å². The number of anilines is 1. The molecule has 1 aromatic heterocycles. The van der Waals surface area contributed by atoms with Gasteiger partial charge in [0.25, 0.3) is 11.6 Å². The number of nitrogens with zero attached hydrogens (tertiary/aromatic N) is 1. The minimum absolute atomic E-state index is 0.236. The van der Waals surface area contributed by atoms with Gasteiger partial charge < -0.3 is 5.32 Å². The third-order valence-electron chi connectivity index (χ3n) is 3.21. The van der Waals surface area contributed by atoms with Gasteiger partial charge in [0.1, 0.15) is 0 Å². The van der Waals surface area contributed by atoms with Crippen LogP contribution >= 0.6 is 0 Å². The highest BCUT2D eigenvalue weighted by Gasteiger charge is 2.44. The standard InChI is InChI=1S/C16H8F6N2O2/c1-2-5-23-11-8-4-3-6-24-12(8)10(14(26)16(20,21)22)7-9(11)13(25)15(17,18)19/h3-7,23H,1H2. The van der Waals surface area contributed by atoms with Crippen molar-refractivity contribution >= 4 is 28.2 Å². The number of nitrogens with one attached hydrogen (secondary N) is 1. The van der Waals surface area contributed by atoms with E-state index in [1.807, 2.05) is 0 Å². The molecule has 0 aliphatic carbocycles. The summed E-state index contributed by atoms with van der Waals surface area (Å²) in [7, 11) is 0. The Bertz CT molecular complexity index is 940. The van der Waals surface area contributed by atoms with Crippen LogP contribution in [0.1, 0.15) is 20.7 Å². The second kappa shape index (κ2) is 6.64. The summed E-state index contributed by atoms with van der Waals surface area (Å²) in [5.74, 6) is -4.83. The molecule has 0 atom stereocenters. The molecular weight excluding hydrogens is 366 g/mol. The summed E-state index contributed by atoms with van der Waals surface area (Å²) in [5, 5.41) is 2.04. The monoisotopic (exact) mass is 374 g/mol. The number of ketones is 2.